The smallest absolute Gasteiger partial charge is 0.253 e. The number of carbonyl (C=O) groups is 3. The first-order valence-electron chi connectivity index (χ1n) is 12.6. The van der Waals surface area contributed by atoms with E-state index in [0.717, 1.165) is 74.4 Å². The molecule has 0 aliphatic carbocycles. The number of rotatable bonds is 5. The maximum atomic E-state index is 13.6. The lowest BCUT2D eigenvalue weighted by molar-refractivity contribution is -0.125. The fourth-order valence-corrected chi connectivity index (χ4v) is 5.62. The zero-order chi connectivity index (χ0) is 24.7. The van der Waals surface area contributed by atoms with E-state index in [1.165, 1.54) is 0 Å². The van der Waals surface area contributed by atoms with Crippen molar-refractivity contribution in [2.75, 3.05) is 36.0 Å². The second-order valence-corrected chi connectivity index (χ2v) is 9.88. The number of piperidine rings is 1. The molecule has 3 aliphatic rings. The first kappa shape index (κ1) is 23.4. The van der Waals surface area contributed by atoms with Crippen LogP contribution >= 0.6 is 0 Å². The first-order valence-corrected chi connectivity index (χ1v) is 12.6. The average Bonchev–Trinajstić information content (AvgIpc) is 3.48. The maximum absolute atomic E-state index is 13.6. The third-order valence-corrected chi connectivity index (χ3v) is 7.69. The van der Waals surface area contributed by atoms with Crippen molar-refractivity contribution in [3.8, 4) is 0 Å². The van der Waals surface area contributed by atoms with E-state index in [-0.39, 0.29) is 30.3 Å². The number of amides is 3. The third kappa shape index (κ3) is 4.28. The zero-order valence-corrected chi connectivity index (χ0v) is 20.8. The Morgan fingerprint density at radius 1 is 1.06 bits per heavy atom. The predicted molar refractivity (Wildman–Crippen MR) is 133 cm³/mol. The summed E-state index contributed by atoms with van der Waals surface area (Å²) >= 11 is 0. The van der Waals surface area contributed by atoms with Gasteiger partial charge in [0, 0.05) is 50.0 Å². The Bertz CT molecular complexity index is 1170. The van der Waals surface area contributed by atoms with Crippen LogP contribution in [0.4, 0.5) is 11.4 Å². The Morgan fingerprint density at radius 2 is 1.80 bits per heavy atom. The SMILES string of the molecule is Cc1nn(C)c(C)c1CNC(=O)CN1C(=O)[C@@H]2CCCCN2c2ccc(C(=O)N3CCCC3)cc21. The molecule has 9 nitrogen and oxygen atoms in total. The number of aryl methyl sites for hydroxylation is 2. The molecule has 1 aromatic heterocycles. The van der Waals surface area contributed by atoms with Gasteiger partial charge in [-0.1, -0.05) is 0 Å². The van der Waals surface area contributed by atoms with Gasteiger partial charge in [-0.3, -0.25) is 24.0 Å². The van der Waals surface area contributed by atoms with Gasteiger partial charge >= 0.3 is 0 Å². The zero-order valence-electron chi connectivity index (χ0n) is 20.8. The molecule has 5 rings (SSSR count). The molecule has 0 bridgehead atoms. The van der Waals surface area contributed by atoms with Crippen LogP contribution in [0.5, 0.6) is 0 Å². The molecule has 3 aliphatic heterocycles. The van der Waals surface area contributed by atoms with Crippen LogP contribution in [0, 0.1) is 13.8 Å². The van der Waals surface area contributed by atoms with Crippen molar-refractivity contribution in [2.45, 2.75) is 58.5 Å². The summed E-state index contributed by atoms with van der Waals surface area (Å²) in [7, 11) is 1.88. The van der Waals surface area contributed by atoms with E-state index in [4.69, 9.17) is 0 Å². The number of nitrogens with zero attached hydrogens (tertiary/aromatic N) is 5. The quantitative estimate of drug-likeness (QED) is 0.712. The van der Waals surface area contributed by atoms with Crippen molar-refractivity contribution in [2.24, 2.45) is 7.05 Å². The number of benzene rings is 1. The minimum Gasteiger partial charge on any atom is -0.358 e. The summed E-state index contributed by atoms with van der Waals surface area (Å²) in [5, 5.41) is 7.38. The molecule has 186 valence electrons. The van der Waals surface area contributed by atoms with Crippen LogP contribution in [0.25, 0.3) is 0 Å². The molecule has 1 N–H and O–H groups in total. The van der Waals surface area contributed by atoms with Crippen molar-refractivity contribution in [3.05, 3.63) is 40.7 Å². The van der Waals surface area contributed by atoms with Gasteiger partial charge in [0.25, 0.3) is 5.91 Å². The van der Waals surface area contributed by atoms with Crippen molar-refractivity contribution < 1.29 is 14.4 Å². The predicted octanol–water partition coefficient (Wildman–Crippen LogP) is 2.29. The monoisotopic (exact) mass is 478 g/mol. The molecule has 1 atom stereocenters. The average molecular weight is 479 g/mol. The Labute approximate surface area is 206 Å². The molecule has 0 saturated carbocycles. The molecule has 2 aromatic rings. The summed E-state index contributed by atoms with van der Waals surface area (Å²) in [6, 6.07) is 5.37. The summed E-state index contributed by atoms with van der Waals surface area (Å²) in [5.74, 6) is -0.301. The Hall–Kier alpha value is -3.36. The Morgan fingerprint density at radius 3 is 2.51 bits per heavy atom. The van der Waals surface area contributed by atoms with Gasteiger partial charge in [0.05, 0.1) is 17.1 Å². The summed E-state index contributed by atoms with van der Waals surface area (Å²) in [4.78, 5) is 45.3. The summed E-state index contributed by atoms with van der Waals surface area (Å²) < 4.78 is 1.80. The van der Waals surface area contributed by atoms with Crippen LogP contribution in [0.15, 0.2) is 18.2 Å². The second-order valence-electron chi connectivity index (χ2n) is 9.88. The summed E-state index contributed by atoms with van der Waals surface area (Å²) in [5.41, 5.74) is 5.03. The molecule has 2 fully saturated rings. The van der Waals surface area contributed by atoms with Gasteiger partial charge in [-0.25, -0.2) is 0 Å². The van der Waals surface area contributed by atoms with Gasteiger partial charge < -0.3 is 15.1 Å². The number of nitrogens with one attached hydrogen (secondary N) is 1. The van der Waals surface area contributed by atoms with Gasteiger partial charge in [0.1, 0.15) is 12.6 Å². The molecule has 0 unspecified atom stereocenters. The Balaban J connectivity index is 1.41. The van der Waals surface area contributed by atoms with E-state index in [2.05, 4.69) is 15.3 Å². The van der Waals surface area contributed by atoms with Crippen molar-refractivity contribution in [1.82, 2.24) is 20.0 Å². The van der Waals surface area contributed by atoms with E-state index in [0.29, 0.717) is 17.8 Å². The van der Waals surface area contributed by atoms with Crippen LogP contribution in [0.1, 0.15) is 59.4 Å². The molecule has 4 heterocycles. The van der Waals surface area contributed by atoms with Gasteiger partial charge in [-0.05, 0) is 64.2 Å². The van der Waals surface area contributed by atoms with Crippen molar-refractivity contribution >= 4 is 29.1 Å². The highest BCUT2D eigenvalue weighted by Gasteiger charge is 2.40. The van der Waals surface area contributed by atoms with E-state index >= 15 is 0 Å². The van der Waals surface area contributed by atoms with Crippen LogP contribution in [-0.2, 0) is 23.2 Å². The minimum absolute atomic E-state index is 0.00885. The van der Waals surface area contributed by atoms with E-state index in [1.807, 2.05) is 37.9 Å². The lowest BCUT2D eigenvalue weighted by Gasteiger charge is -2.45. The summed E-state index contributed by atoms with van der Waals surface area (Å²) in [6.45, 7) is 6.53. The number of fused-ring (bicyclic) bond motifs is 3. The highest BCUT2D eigenvalue weighted by molar-refractivity contribution is 6.09. The van der Waals surface area contributed by atoms with Crippen LogP contribution < -0.4 is 15.1 Å². The third-order valence-electron chi connectivity index (χ3n) is 7.69. The molecule has 35 heavy (non-hydrogen) atoms. The maximum Gasteiger partial charge on any atom is 0.253 e. The molecule has 2 saturated heterocycles. The van der Waals surface area contributed by atoms with Crippen LogP contribution in [-0.4, -0.2) is 64.6 Å². The highest BCUT2D eigenvalue weighted by Crippen LogP contribution is 2.40. The van der Waals surface area contributed by atoms with E-state index < -0.39 is 0 Å². The largest absolute Gasteiger partial charge is 0.358 e. The molecule has 9 heteroatoms. The molecular formula is C26H34N6O3. The molecule has 1 aromatic carbocycles. The standard InChI is InChI=1S/C26H34N6O3/c1-17-20(18(2)29(3)28-17)15-27-24(33)16-32-23-14-19(25(34)30-11-6-7-12-30)9-10-21(23)31-13-5-4-8-22(31)26(32)35/h9-10,14,22H,4-8,11-13,15-16H2,1-3H3,(H,27,33)/t22-/m0/s1. The summed E-state index contributed by atoms with van der Waals surface area (Å²) in [6.07, 6.45) is 4.84. The second kappa shape index (κ2) is 9.36. The number of aromatic nitrogens is 2. The fraction of sp³-hybridized carbons (Fsp3) is 0.538. The fourth-order valence-electron chi connectivity index (χ4n) is 5.62. The van der Waals surface area contributed by atoms with E-state index in [9.17, 15) is 14.4 Å². The lowest BCUT2D eigenvalue weighted by Crippen LogP contribution is -2.57. The molecule has 3 amide bonds. The van der Waals surface area contributed by atoms with Gasteiger partial charge in [-0.15, -0.1) is 0 Å². The number of hydrogen-bond acceptors (Lipinski definition) is 5. The van der Waals surface area contributed by atoms with Crippen molar-refractivity contribution in [1.29, 1.82) is 0 Å². The molecule has 0 spiro atoms. The van der Waals surface area contributed by atoms with Gasteiger partial charge in [-0.2, -0.15) is 5.10 Å². The van der Waals surface area contributed by atoms with Crippen molar-refractivity contribution in [3.63, 3.8) is 0 Å². The van der Waals surface area contributed by atoms with E-state index in [1.54, 1.807) is 15.6 Å². The van der Waals surface area contributed by atoms with Gasteiger partial charge in [0.2, 0.25) is 11.8 Å². The lowest BCUT2D eigenvalue weighted by atomic mass is 9.95. The molecule has 0 radical (unpaired) electrons. The molecular weight excluding hydrogens is 444 g/mol. The number of hydrogen-bond donors (Lipinski definition) is 1. The normalized spacial score (nSPS) is 19.6. The number of anilines is 2. The van der Waals surface area contributed by atoms with Gasteiger partial charge in [0.15, 0.2) is 0 Å². The number of carbonyl (C=O) groups excluding carboxylic acids is 3. The first-order chi connectivity index (χ1) is 16.8. The van der Waals surface area contributed by atoms with Crippen LogP contribution in [0.3, 0.4) is 0 Å². The Kier molecular flexibility index (Phi) is 6.25. The number of likely N-dealkylation sites (tertiary alicyclic amines) is 1. The van der Waals surface area contributed by atoms with Crippen LogP contribution in [0.2, 0.25) is 0 Å². The topological polar surface area (TPSA) is 90.8 Å². The highest BCUT2D eigenvalue weighted by atomic mass is 16.2. The minimum atomic E-state index is -0.257.